The van der Waals surface area contributed by atoms with Gasteiger partial charge in [0.2, 0.25) is 0 Å². The molecule has 1 aliphatic rings. The second-order valence-corrected chi connectivity index (χ2v) is 4.13. The molecule has 0 aliphatic carbocycles. The average molecular weight is 227 g/mol. The third-order valence-corrected chi connectivity index (χ3v) is 3.04. The molecule has 5 heteroatoms. The van der Waals surface area contributed by atoms with Crippen LogP contribution in [0.25, 0.3) is 0 Å². The first-order valence-corrected chi connectivity index (χ1v) is 5.46. The van der Waals surface area contributed by atoms with E-state index < -0.39 is 11.6 Å². The molecule has 0 spiro atoms. The second kappa shape index (κ2) is 4.74. The Bertz CT molecular complexity index is 362. The van der Waals surface area contributed by atoms with E-state index in [1.807, 2.05) is 4.90 Å². The molecule has 2 N–H and O–H groups in total. The van der Waals surface area contributed by atoms with Crippen LogP contribution in [0, 0.1) is 17.6 Å². The predicted octanol–water partition coefficient (Wildman–Crippen LogP) is 1.53. The standard InChI is InChI=1S/C11H15F2N3/c12-9-5-10(13)11(15-7-9)16-3-1-8(6-14)2-4-16/h5,7-8H,1-4,6,14H2. The molecule has 0 atom stereocenters. The lowest BCUT2D eigenvalue weighted by Crippen LogP contribution is -2.37. The fourth-order valence-electron chi connectivity index (χ4n) is 2.02. The number of pyridine rings is 1. The van der Waals surface area contributed by atoms with Crippen molar-refractivity contribution in [2.45, 2.75) is 12.8 Å². The first kappa shape index (κ1) is 11.3. The lowest BCUT2D eigenvalue weighted by Gasteiger charge is -2.32. The Balaban J connectivity index is 2.08. The van der Waals surface area contributed by atoms with Crippen molar-refractivity contribution in [2.75, 3.05) is 24.5 Å². The number of hydrogen-bond donors (Lipinski definition) is 1. The van der Waals surface area contributed by atoms with Crippen LogP contribution in [0.2, 0.25) is 0 Å². The molecule has 2 rings (SSSR count). The Morgan fingerprint density at radius 1 is 1.38 bits per heavy atom. The molecule has 1 fully saturated rings. The number of nitrogens with zero attached hydrogens (tertiary/aromatic N) is 2. The summed E-state index contributed by atoms with van der Waals surface area (Å²) in [5.74, 6) is -0.471. The quantitative estimate of drug-likeness (QED) is 0.833. The third kappa shape index (κ3) is 2.29. The Morgan fingerprint density at radius 3 is 2.62 bits per heavy atom. The summed E-state index contributed by atoms with van der Waals surface area (Å²) >= 11 is 0. The van der Waals surface area contributed by atoms with E-state index in [-0.39, 0.29) is 5.82 Å². The van der Waals surface area contributed by atoms with Crippen LogP contribution in [0.5, 0.6) is 0 Å². The number of nitrogens with two attached hydrogens (primary N) is 1. The van der Waals surface area contributed by atoms with E-state index in [1.165, 1.54) is 0 Å². The molecule has 0 bridgehead atoms. The molecule has 0 saturated carbocycles. The van der Waals surface area contributed by atoms with Crippen LogP contribution in [0.4, 0.5) is 14.6 Å². The van der Waals surface area contributed by atoms with Gasteiger partial charge < -0.3 is 10.6 Å². The van der Waals surface area contributed by atoms with Crippen LogP contribution in [0.3, 0.4) is 0 Å². The molecule has 16 heavy (non-hydrogen) atoms. The largest absolute Gasteiger partial charge is 0.354 e. The van der Waals surface area contributed by atoms with E-state index in [1.54, 1.807) is 0 Å². The highest BCUT2D eigenvalue weighted by atomic mass is 19.1. The van der Waals surface area contributed by atoms with Gasteiger partial charge in [-0.1, -0.05) is 0 Å². The Morgan fingerprint density at radius 2 is 2.06 bits per heavy atom. The molecule has 2 heterocycles. The molecule has 0 radical (unpaired) electrons. The minimum absolute atomic E-state index is 0.247. The molecule has 1 saturated heterocycles. The van der Waals surface area contributed by atoms with E-state index >= 15 is 0 Å². The van der Waals surface area contributed by atoms with Crippen molar-refractivity contribution >= 4 is 5.82 Å². The summed E-state index contributed by atoms with van der Waals surface area (Å²) in [6.07, 6.45) is 2.93. The lowest BCUT2D eigenvalue weighted by atomic mass is 9.97. The van der Waals surface area contributed by atoms with Gasteiger partial charge in [-0.3, -0.25) is 0 Å². The van der Waals surface area contributed by atoms with E-state index in [4.69, 9.17) is 5.73 Å². The van der Waals surface area contributed by atoms with Gasteiger partial charge in [0.05, 0.1) is 6.20 Å². The third-order valence-electron chi connectivity index (χ3n) is 3.04. The second-order valence-electron chi connectivity index (χ2n) is 4.13. The molecule has 1 aromatic heterocycles. The summed E-state index contributed by atoms with van der Waals surface area (Å²) < 4.78 is 26.1. The first-order valence-electron chi connectivity index (χ1n) is 5.46. The topological polar surface area (TPSA) is 42.1 Å². The van der Waals surface area contributed by atoms with Crippen molar-refractivity contribution in [3.05, 3.63) is 23.9 Å². The SMILES string of the molecule is NCC1CCN(c2ncc(F)cc2F)CC1. The van der Waals surface area contributed by atoms with Gasteiger partial charge in [-0.15, -0.1) is 0 Å². The van der Waals surface area contributed by atoms with Gasteiger partial charge in [-0.05, 0) is 25.3 Å². The Kier molecular flexibility index (Phi) is 3.33. The van der Waals surface area contributed by atoms with Gasteiger partial charge >= 0.3 is 0 Å². The monoisotopic (exact) mass is 227 g/mol. The number of piperidine rings is 1. The van der Waals surface area contributed by atoms with Crippen molar-refractivity contribution in [1.29, 1.82) is 0 Å². The smallest absolute Gasteiger partial charge is 0.168 e. The zero-order valence-electron chi connectivity index (χ0n) is 9.00. The highest BCUT2D eigenvalue weighted by molar-refractivity contribution is 5.40. The minimum atomic E-state index is -0.641. The van der Waals surface area contributed by atoms with E-state index in [0.717, 1.165) is 38.2 Å². The zero-order chi connectivity index (χ0) is 11.5. The first-order chi connectivity index (χ1) is 7.70. The van der Waals surface area contributed by atoms with Crippen molar-refractivity contribution in [1.82, 2.24) is 4.98 Å². The van der Waals surface area contributed by atoms with Crippen molar-refractivity contribution in [3.8, 4) is 0 Å². The van der Waals surface area contributed by atoms with Gasteiger partial charge in [0.25, 0.3) is 0 Å². The maximum Gasteiger partial charge on any atom is 0.168 e. The molecule has 0 aromatic carbocycles. The molecule has 88 valence electrons. The molecular weight excluding hydrogens is 212 g/mol. The van der Waals surface area contributed by atoms with Gasteiger partial charge in [-0.25, -0.2) is 13.8 Å². The van der Waals surface area contributed by atoms with Crippen LogP contribution in [0.15, 0.2) is 12.3 Å². The van der Waals surface area contributed by atoms with E-state index in [9.17, 15) is 8.78 Å². The summed E-state index contributed by atoms with van der Waals surface area (Å²) in [6, 6.07) is 0.872. The molecule has 1 aliphatic heterocycles. The molecule has 0 unspecified atom stereocenters. The van der Waals surface area contributed by atoms with Gasteiger partial charge in [-0.2, -0.15) is 0 Å². The van der Waals surface area contributed by atoms with Crippen molar-refractivity contribution in [2.24, 2.45) is 11.7 Å². The van der Waals surface area contributed by atoms with E-state index in [2.05, 4.69) is 4.98 Å². The fourth-order valence-corrected chi connectivity index (χ4v) is 2.02. The number of hydrogen-bond acceptors (Lipinski definition) is 3. The van der Waals surface area contributed by atoms with E-state index in [0.29, 0.717) is 12.5 Å². The lowest BCUT2D eigenvalue weighted by molar-refractivity contribution is 0.409. The zero-order valence-corrected chi connectivity index (χ0v) is 9.00. The number of aromatic nitrogens is 1. The highest BCUT2D eigenvalue weighted by Gasteiger charge is 2.21. The van der Waals surface area contributed by atoms with Crippen LogP contribution >= 0.6 is 0 Å². The summed E-state index contributed by atoms with van der Waals surface area (Å²) in [5.41, 5.74) is 5.58. The summed E-state index contributed by atoms with van der Waals surface area (Å²) in [6.45, 7) is 2.14. The number of rotatable bonds is 2. The highest BCUT2D eigenvalue weighted by Crippen LogP contribution is 2.23. The maximum atomic E-state index is 13.4. The fraction of sp³-hybridized carbons (Fsp3) is 0.545. The summed E-state index contributed by atoms with van der Waals surface area (Å²) in [4.78, 5) is 5.65. The van der Waals surface area contributed by atoms with Crippen molar-refractivity contribution < 1.29 is 8.78 Å². The molecule has 0 amide bonds. The van der Waals surface area contributed by atoms with Gasteiger partial charge in [0.15, 0.2) is 11.6 Å². The summed E-state index contributed by atoms with van der Waals surface area (Å²) in [7, 11) is 0. The summed E-state index contributed by atoms with van der Waals surface area (Å²) in [5, 5.41) is 0. The van der Waals surface area contributed by atoms with Crippen LogP contribution in [0.1, 0.15) is 12.8 Å². The molecular formula is C11H15F2N3. The van der Waals surface area contributed by atoms with Crippen LogP contribution in [-0.2, 0) is 0 Å². The maximum absolute atomic E-state index is 13.4. The van der Waals surface area contributed by atoms with Gasteiger partial charge in [0.1, 0.15) is 5.82 Å². The Labute approximate surface area is 93.3 Å². The normalized spacial score (nSPS) is 17.8. The van der Waals surface area contributed by atoms with Gasteiger partial charge in [0, 0.05) is 19.2 Å². The number of anilines is 1. The molecule has 1 aromatic rings. The van der Waals surface area contributed by atoms with Crippen molar-refractivity contribution in [3.63, 3.8) is 0 Å². The van der Waals surface area contributed by atoms with Crippen LogP contribution in [-0.4, -0.2) is 24.6 Å². The predicted molar refractivity (Wildman–Crippen MR) is 58.1 cm³/mol. The van der Waals surface area contributed by atoms with Crippen LogP contribution < -0.4 is 10.6 Å². The average Bonchev–Trinajstić information content (AvgIpc) is 2.29. The number of halogens is 2. The Hall–Kier alpha value is -1.23. The minimum Gasteiger partial charge on any atom is -0.354 e. The molecule has 3 nitrogen and oxygen atoms in total.